The van der Waals surface area contributed by atoms with Crippen LogP contribution in [0.2, 0.25) is 0 Å². The Balaban J connectivity index is 1.56. The Morgan fingerprint density at radius 3 is 2.95 bits per heavy atom. The Labute approximate surface area is 113 Å². The minimum absolute atomic E-state index is 0.0514. The van der Waals surface area contributed by atoms with Crippen LogP contribution in [0.1, 0.15) is 18.4 Å². The SMILES string of the molecule is CO[C@@H]1CCOC2(C1)CN(Cc1ccccc1F)C2. The Morgan fingerprint density at radius 2 is 2.21 bits per heavy atom. The first-order chi connectivity index (χ1) is 9.21. The first kappa shape index (κ1) is 13.0. The largest absolute Gasteiger partial charge is 0.381 e. The van der Waals surface area contributed by atoms with Gasteiger partial charge < -0.3 is 9.47 Å². The predicted molar refractivity (Wildman–Crippen MR) is 70.4 cm³/mol. The van der Waals surface area contributed by atoms with Gasteiger partial charge in [-0.3, -0.25) is 4.90 Å². The van der Waals surface area contributed by atoms with Gasteiger partial charge in [0, 0.05) is 45.3 Å². The van der Waals surface area contributed by atoms with Crippen molar-refractivity contribution in [1.29, 1.82) is 0 Å². The highest BCUT2D eigenvalue weighted by Crippen LogP contribution is 2.35. The van der Waals surface area contributed by atoms with Gasteiger partial charge in [-0.25, -0.2) is 4.39 Å². The number of rotatable bonds is 3. The molecule has 2 aliphatic rings. The number of hydrogen-bond donors (Lipinski definition) is 0. The van der Waals surface area contributed by atoms with Crippen LogP contribution in [-0.2, 0) is 16.0 Å². The van der Waals surface area contributed by atoms with Gasteiger partial charge in [-0.2, -0.15) is 0 Å². The highest BCUT2D eigenvalue weighted by atomic mass is 19.1. The van der Waals surface area contributed by atoms with Crippen LogP contribution in [0, 0.1) is 5.82 Å². The maximum Gasteiger partial charge on any atom is 0.127 e. The van der Waals surface area contributed by atoms with E-state index < -0.39 is 0 Å². The molecule has 3 rings (SSSR count). The van der Waals surface area contributed by atoms with Crippen molar-refractivity contribution in [3.05, 3.63) is 35.6 Å². The van der Waals surface area contributed by atoms with Gasteiger partial charge in [-0.15, -0.1) is 0 Å². The molecule has 0 aliphatic carbocycles. The average molecular weight is 265 g/mol. The molecule has 2 heterocycles. The van der Waals surface area contributed by atoms with Crippen LogP contribution >= 0.6 is 0 Å². The Bertz CT molecular complexity index is 446. The molecule has 3 nitrogen and oxygen atoms in total. The summed E-state index contributed by atoms with van der Waals surface area (Å²) < 4.78 is 24.9. The van der Waals surface area contributed by atoms with E-state index in [1.54, 1.807) is 13.2 Å². The van der Waals surface area contributed by atoms with Crippen LogP contribution < -0.4 is 0 Å². The van der Waals surface area contributed by atoms with Gasteiger partial charge >= 0.3 is 0 Å². The molecule has 2 aliphatic heterocycles. The molecule has 19 heavy (non-hydrogen) atoms. The molecule has 0 N–H and O–H groups in total. The molecule has 0 amide bonds. The minimum Gasteiger partial charge on any atom is -0.381 e. The summed E-state index contributed by atoms with van der Waals surface area (Å²) >= 11 is 0. The molecule has 1 aromatic carbocycles. The maximum atomic E-state index is 13.6. The van der Waals surface area contributed by atoms with Crippen LogP contribution in [-0.4, -0.2) is 43.4 Å². The van der Waals surface area contributed by atoms with E-state index in [9.17, 15) is 4.39 Å². The van der Waals surface area contributed by atoms with E-state index in [1.807, 2.05) is 12.1 Å². The summed E-state index contributed by atoms with van der Waals surface area (Å²) in [5, 5.41) is 0. The third kappa shape index (κ3) is 2.66. The summed E-state index contributed by atoms with van der Waals surface area (Å²) in [6.07, 6.45) is 2.24. The monoisotopic (exact) mass is 265 g/mol. The lowest BCUT2D eigenvalue weighted by Gasteiger charge is -2.53. The van der Waals surface area contributed by atoms with E-state index in [-0.39, 0.29) is 11.4 Å². The molecule has 0 saturated carbocycles. The Kier molecular flexibility index (Phi) is 3.56. The van der Waals surface area contributed by atoms with Crippen molar-refractivity contribution in [2.75, 3.05) is 26.8 Å². The van der Waals surface area contributed by atoms with E-state index in [1.165, 1.54) is 6.07 Å². The molecule has 0 aromatic heterocycles. The average Bonchev–Trinajstić information content (AvgIpc) is 2.40. The van der Waals surface area contributed by atoms with Crippen molar-refractivity contribution < 1.29 is 13.9 Å². The Hall–Kier alpha value is -0.970. The van der Waals surface area contributed by atoms with Gasteiger partial charge in [0.1, 0.15) is 5.82 Å². The number of halogens is 1. The van der Waals surface area contributed by atoms with E-state index >= 15 is 0 Å². The Morgan fingerprint density at radius 1 is 1.42 bits per heavy atom. The summed E-state index contributed by atoms with van der Waals surface area (Å²) in [7, 11) is 1.76. The fourth-order valence-corrected chi connectivity index (χ4v) is 3.15. The predicted octanol–water partition coefficient (Wildman–Crippen LogP) is 2.21. The summed E-state index contributed by atoms with van der Waals surface area (Å²) in [4.78, 5) is 2.23. The molecule has 2 saturated heterocycles. The van der Waals surface area contributed by atoms with Gasteiger partial charge in [-0.1, -0.05) is 18.2 Å². The van der Waals surface area contributed by atoms with Gasteiger partial charge in [-0.05, 0) is 12.5 Å². The number of methoxy groups -OCH3 is 1. The minimum atomic E-state index is -0.122. The number of hydrogen-bond acceptors (Lipinski definition) is 3. The van der Waals surface area contributed by atoms with Crippen molar-refractivity contribution in [2.24, 2.45) is 0 Å². The molecular weight excluding hydrogens is 245 g/mol. The van der Waals surface area contributed by atoms with Gasteiger partial charge in [0.2, 0.25) is 0 Å². The molecule has 104 valence electrons. The smallest absolute Gasteiger partial charge is 0.127 e. The van der Waals surface area contributed by atoms with Gasteiger partial charge in [0.05, 0.1) is 11.7 Å². The molecule has 0 radical (unpaired) electrons. The fourth-order valence-electron chi connectivity index (χ4n) is 3.15. The maximum absolute atomic E-state index is 13.6. The van der Waals surface area contributed by atoms with Gasteiger partial charge in [0.15, 0.2) is 0 Å². The van der Waals surface area contributed by atoms with Crippen molar-refractivity contribution in [3.63, 3.8) is 0 Å². The molecule has 1 aromatic rings. The lowest BCUT2D eigenvalue weighted by atomic mass is 9.84. The standard InChI is InChI=1S/C15H20FNO2/c1-18-13-6-7-19-15(8-13)10-17(11-15)9-12-4-2-3-5-14(12)16/h2-5,13H,6-11H2,1H3/t13-/m1/s1. The first-order valence-electron chi connectivity index (χ1n) is 6.83. The lowest BCUT2D eigenvalue weighted by molar-refractivity contribution is -0.195. The third-order valence-corrected chi connectivity index (χ3v) is 4.16. The van der Waals surface area contributed by atoms with Crippen molar-refractivity contribution in [2.45, 2.75) is 31.1 Å². The highest BCUT2D eigenvalue weighted by molar-refractivity contribution is 5.18. The second-order valence-electron chi connectivity index (χ2n) is 5.62. The number of benzene rings is 1. The zero-order valence-corrected chi connectivity index (χ0v) is 11.3. The van der Waals surface area contributed by atoms with Crippen molar-refractivity contribution >= 4 is 0 Å². The molecule has 2 fully saturated rings. The van der Waals surface area contributed by atoms with Crippen LogP contribution in [0.4, 0.5) is 4.39 Å². The van der Waals surface area contributed by atoms with Crippen molar-refractivity contribution in [1.82, 2.24) is 4.90 Å². The summed E-state index contributed by atoms with van der Waals surface area (Å²) in [5.41, 5.74) is 0.709. The number of likely N-dealkylation sites (tertiary alicyclic amines) is 1. The highest BCUT2D eigenvalue weighted by Gasteiger charge is 2.47. The third-order valence-electron chi connectivity index (χ3n) is 4.16. The zero-order chi connectivity index (χ0) is 13.3. The van der Waals surface area contributed by atoms with E-state index in [4.69, 9.17) is 9.47 Å². The molecule has 1 spiro atoms. The molecular formula is C15H20FNO2. The fraction of sp³-hybridized carbons (Fsp3) is 0.600. The molecule has 1 atom stereocenters. The van der Waals surface area contributed by atoms with E-state index in [0.29, 0.717) is 12.6 Å². The van der Waals surface area contributed by atoms with Gasteiger partial charge in [0.25, 0.3) is 0 Å². The van der Waals surface area contributed by atoms with Crippen LogP contribution in [0.25, 0.3) is 0 Å². The molecule has 0 unspecified atom stereocenters. The molecule has 4 heteroatoms. The lowest BCUT2D eigenvalue weighted by Crippen LogP contribution is -2.65. The normalized spacial score (nSPS) is 26.3. The summed E-state index contributed by atoms with van der Waals surface area (Å²) in [5.74, 6) is -0.122. The van der Waals surface area contributed by atoms with Crippen molar-refractivity contribution in [3.8, 4) is 0 Å². The quantitative estimate of drug-likeness (QED) is 0.836. The second-order valence-corrected chi connectivity index (χ2v) is 5.62. The van der Waals surface area contributed by atoms with Crippen LogP contribution in [0.3, 0.4) is 0 Å². The van der Waals surface area contributed by atoms with E-state index in [0.717, 1.165) is 38.1 Å². The number of ether oxygens (including phenoxy) is 2. The first-order valence-corrected chi connectivity index (χ1v) is 6.83. The topological polar surface area (TPSA) is 21.7 Å². The second kappa shape index (κ2) is 5.19. The summed E-state index contributed by atoms with van der Waals surface area (Å²) in [6.45, 7) is 3.18. The zero-order valence-electron chi connectivity index (χ0n) is 11.3. The van der Waals surface area contributed by atoms with Crippen LogP contribution in [0.15, 0.2) is 24.3 Å². The van der Waals surface area contributed by atoms with Crippen LogP contribution in [0.5, 0.6) is 0 Å². The van der Waals surface area contributed by atoms with E-state index in [2.05, 4.69) is 4.90 Å². The molecule has 0 bridgehead atoms. The number of nitrogens with zero attached hydrogens (tertiary/aromatic N) is 1. The summed E-state index contributed by atoms with van der Waals surface area (Å²) in [6, 6.07) is 6.97.